The lowest BCUT2D eigenvalue weighted by Gasteiger charge is -2.39. The Bertz CT molecular complexity index is 1980. The molecule has 2 aliphatic rings. The topological polar surface area (TPSA) is 0 Å². The molecule has 2 unspecified atom stereocenters. The number of fused-ring (bicyclic) bond motifs is 2. The van der Waals surface area contributed by atoms with Gasteiger partial charge in [0.25, 0.3) is 0 Å². The molecule has 4 aromatic carbocycles. The van der Waals surface area contributed by atoms with Crippen molar-refractivity contribution in [3.63, 3.8) is 0 Å². The monoisotopic (exact) mass is 749 g/mol. The first-order chi connectivity index (χ1) is 25.2. The van der Waals surface area contributed by atoms with E-state index in [4.69, 9.17) is 0 Å². The molecule has 0 saturated carbocycles. The third-order valence-electron chi connectivity index (χ3n) is 13.1. The molecule has 0 nitrogen and oxygen atoms in total. The van der Waals surface area contributed by atoms with Crippen LogP contribution < -0.4 is 0 Å². The molecule has 0 heterocycles. The summed E-state index contributed by atoms with van der Waals surface area (Å²) in [6.07, 6.45) is 7.24. The highest BCUT2D eigenvalue weighted by Gasteiger charge is 2.47. The highest BCUT2D eigenvalue weighted by atomic mass is 28.3. The number of aryl methyl sites for hydroxylation is 2. The summed E-state index contributed by atoms with van der Waals surface area (Å²) in [6, 6.07) is 25.1. The maximum absolute atomic E-state index is 2.70. The second-order valence-electron chi connectivity index (χ2n) is 22.1. The number of hydrogen-bond acceptors (Lipinski definition) is 0. The van der Waals surface area contributed by atoms with Crippen LogP contribution >= 0.6 is 0 Å². The predicted molar refractivity (Wildman–Crippen MR) is 248 cm³/mol. The summed E-state index contributed by atoms with van der Waals surface area (Å²) in [5.74, 6) is 0. The van der Waals surface area contributed by atoms with Gasteiger partial charge in [-0.3, -0.25) is 0 Å². The number of benzene rings is 4. The van der Waals surface area contributed by atoms with Gasteiger partial charge < -0.3 is 0 Å². The largest absolute Gasteiger partial charge is 0.0722 e. The Hall–Kier alpha value is -3.42. The van der Waals surface area contributed by atoms with Crippen LogP contribution in [0.1, 0.15) is 177 Å². The second kappa shape index (κ2) is 13.9. The van der Waals surface area contributed by atoms with Crippen LogP contribution in [0.25, 0.3) is 34.4 Å². The number of allylic oxidation sites excluding steroid dienone is 2. The molecule has 0 aromatic heterocycles. The third-order valence-corrected chi connectivity index (χ3v) is 17.6. The molecule has 0 bridgehead atoms. The summed E-state index contributed by atoms with van der Waals surface area (Å²) >= 11 is 0. The number of rotatable bonds is 6. The first-order valence-corrected chi connectivity index (χ1v) is 24.4. The van der Waals surface area contributed by atoms with Crippen LogP contribution in [0.3, 0.4) is 0 Å². The molecule has 2 aliphatic carbocycles. The van der Waals surface area contributed by atoms with Gasteiger partial charge in [0.15, 0.2) is 0 Å². The lowest BCUT2D eigenvalue weighted by atomic mass is 9.78. The fraction of sp³-hybridized carbons (Fsp3) is 0.481. The van der Waals surface area contributed by atoms with Crippen LogP contribution in [0.15, 0.2) is 71.8 Å². The van der Waals surface area contributed by atoms with Gasteiger partial charge in [-0.1, -0.05) is 194 Å². The normalized spacial score (nSPS) is 17.6. The first-order valence-electron chi connectivity index (χ1n) is 21.3. The molecule has 4 aromatic rings. The molecule has 55 heavy (non-hydrogen) atoms. The van der Waals surface area contributed by atoms with Gasteiger partial charge in [0, 0.05) is 11.1 Å². The molecule has 0 N–H and O–H groups in total. The van der Waals surface area contributed by atoms with Crippen LogP contribution in [0.5, 0.6) is 0 Å². The third kappa shape index (κ3) is 7.69. The summed E-state index contributed by atoms with van der Waals surface area (Å²) in [6.45, 7) is 43.2. The molecule has 6 rings (SSSR count). The SMILES string of the molecule is CCc1cc(-c2cc(C(C)(C)C)cc(C(C)(C)C)c2)c2c(c1)C([Si](C)(C)C1C(C)=Cc3c(-c4cc(C(C)(C)C)cc(C(C)(C)C)c4)cc(CC)cc31)C(C)=C2. The smallest absolute Gasteiger partial charge is 0.0679 e. The van der Waals surface area contributed by atoms with Crippen molar-refractivity contribution in [1.29, 1.82) is 0 Å². The molecular weight excluding hydrogens is 677 g/mol. The van der Waals surface area contributed by atoms with E-state index in [1.54, 1.807) is 22.3 Å². The average molecular weight is 749 g/mol. The zero-order valence-electron chi connectivity index (χ0n) is 38.0. The van der Waals surface area contributed by atoms with Crippen LogP contribution in [0.2, 0.25) is 13.1 Å². The fourth-order valence-corrected chi connectivity index (χ4v) is 14.6. The minimum Gasteiger partial charge on any atom is -0.0679 e. The minimum absolute atomic E-state index is 0.0725. The Balaban J connectivity index is 1.54. The van der Waals surface area contributed by atoms with E-state index in [-0.39, 0.29) is 21.7 Å². The zero-order chi connectivity index (χ0) is 40.8. The van der Waals surface area contributed by atoms with Gasteiger partial charge in [-0.05, 0) is 126 Å². The van der Waals surface area contributed by atoms with E-state index in [2.05, 4.69) is 197 Å². The number of hydrogen-bond donors (Lipinski definition) is 0. The molecular formula is C54H72Si. The summed E-state index contributed by atoms with van der Waals surface area (Å²) in [7, 11) is -2.08. The van der Waals surface area contributed by atoms with Crippen molar-refractivity contribution in [3.8, 4) is 22.3 Å². The molecule has 1 heteroatoms. The summed E-state index contributed by atoms with van der Waals surface area (Å²) in [4.78, 5) is 0. The van der Waals surface area contributed by atoms with Crippen molar-refractivity contribution in [2.75, 3.05) is 0 Å². The quantitative estimate of drug-likeness (QED) is 0.172. The van der Waals surface area contributed by atoms with Crippen LogP contribution in [0.4, 0.5) is 0 Å². The maximum atomic E-state index is 2.70. The minimum atomic E-state index is -2.08. The molecule has 0 spiro atoms. The van der Waals surface area contributed by atoms with Gasteiger partial charge in [-0.25, -0.2) is 0 Å². The van der Waals surface area contributed by atoms with E-state index in [0.29, 0.717) is 11.1 Å². The van der Waals surface area contributed by atoms with E-state index in [9.17, 15) is 0 Å². The Kier molecular flexibility index (Phi) is 10.4. The fourth-order valence-electron chi connectivity index (χ4n) is 9.71. The summed E-state index contributed by atoms with van der Waals surface area (Å²) in [5.41, 5.74) is 24.5. The van der Waals surface area contributed by atoms with Gasteiger partial charge in [0.05, 0.1) is 8.07 Å². The Morgan fingerprint density at radius 1 is 0.436 bits per heavy atom. The summed E-state index contributed by atoms with van der Waals surface area (Å²) in [5, 5.41) is 0. The lowest BCUT2D eigenvalue weighted by Crippen LogP contribution is -2.42. The van der Waals surface area contributed by atoms with Crippen molar-refractivity contribution < 1.29 is 0 Å². The van der Waals surface area contributed by atoms with Crippen molar-refractivity contribution in [3.05, 3.63) is 127 Å². The highest BCUT2D eigenvalue weighted by Crippen LogP contribution is 2.55. The highest BCUT2D eigenvalue weighted by molar-refractivity contribution is 6.81. The van der Waals surface area contributed by atoms with Crippen molar-refractivity contribution in [2.45, 2.75) is 169 Å². The predicted octanol–water partition coefficient (Wildman–Crippen LogP) is 15.8. The molecule has 0 saturated heterocycles. The van der Waals surface area contributed by atoms with Gasteiger partial charge in [0.1, 0.15) is 0 Å². The Morgan fingerprint density at radius 2 is 0.727 bits per heavy atom. The average Bonchev–Trinajstić information content (AvgIpc) is 3.61. The molecule has 2 atom stereocenters. The molecule has 0 radical (unpaired) electrons. The van der Waals surface area contributed by atoms with Crippen LogP contribution in [-0.2, 0) is 34.5 Å². The van der Waals surface area contributed by atoms with Crippen LogP contribution in [0, 0.1) is 0 Å². The Labute approximate surface area is 338 Å². The van der Waals surface area contributed by atoms with Gasteiger partial charge in [0.2, 0.25) is 0 Å². The van der Waals surface area contributed by atoms with Gasteiger partial charge in [-0.2, -0.15) is 0 Å². The van der Waals surface area contributed by atoms with Gasteiger partial charge >= 0.3 is 0 Å². The van der Waals surface area contributed by atoms with Crippen molar-refractivity contribution in [1.82, 2.24) is 0 Å². The van der Waals surface area contributed by atoms with E-state index in [1.165, 1.54) is 66.8 Å². The van der Waals surface area contributed by atoms with E-state index >= 15 is 0 Å². The maximum Gasteiger partial charge on any atom is 0.0722 e. The molecule has 0 aliphatic heterocycles. The molecule has 0 amide bonds. The molecule has 0 fully saturated rings. The first kappa shape index (κ1) is 41.2. The van der Waals surface area contributed by atoms with Crippen molar-refractivity contribution in [2.24, 2.45) is 0 Å². The van der Waals surface area contributed by atoms with Crippen LogP contribution in [-0.4, -0.2) is 8.07 Å². The Morgan fingerprint density at radius 3 is 0.982 bits per heavy atom. The standard InChI is InChI=1S/C54H72Si/c1-19-35-23-43(37-27-39(51(5,6)7)31-40(28-37)52(8,9)10)45-21-33(3)49(47(45)25-35)55(17,18)50-34(4)22-46-44(24-36(20-2)26-48(46)50)38-29-41(53(11,12)13)32-42(30-38)54(14,15)16/h21-32,49-50H,19-20H2,1-18H3. The van der Waals surface area contributed by atoms with Gasteiger partial charge in [-0.15, -0.1) is 0 Å². The van der Waals surface area contributed by atoms with Crippen molar-refractivity contribution >= 4 is 20.2 Å². The lowest BCUT2D eigenvalue weighted by molar-refractivity contribution is 0.568. The van der Waals surface area contributed by atoms with E-state index in [1.807, 2.05) is 0 Å². The summed E-state index contributed by atoms with van der Waals surface area (Å²) < 4.78 is 0. The second-order valence-corrected chi connectivity index (χ2v) is 26.9. The van der Waals surface area contributed by atoms with E-state index < -0.39 is 8.07 Å². The zero-order valence-corrected chi connectivity index (χ0v) is 39.0. The van der Waals surface area contributed by atoms with E-state index in [0.717, 1.165) is 12.8 Å². The molecule has 292 valence electrons.